The van der Waals surface area contributed by atoms with Gasteiger partial charge in [0.2, 0.25) is 5.95 Å². The van der Waals surface area contributed by atoms with E-state index in [1.807, 2.05) is 31.2 Å². The Morgan fingerprint density at radius 2 is 2.04 bits per heavy atom. The lowest BCUT2D eigenvalue weighted by Crippen LogP contribution is -2.20. The second kappa shape index (κ2) is 7.23. The highest BCUT2D eigenvalue weighted by Crippen LogP contribution is 2.29. The minimum Gasteiger partial charge on any atom is -0.494 e. The lowest BCUT2D eigenvalue weighted by atomic mass is 10.2. The number of ether oxygens (including phenoxy) is 1. The van der Waals surface area contributed by atoms with Gasteiger partial charge in [-0.1, -0.05) is 13.0 Å². The van der Waals surface area contributed by atoms with Crippen LogP contribution in [0.5, 0.6) is 5.75 Å². The molecule has 2 aromatic heterocycles. The molecule has 0 saturated carbocycles. The first-order valence-electron chi connectivity index (χ1n) is 9.35. The number of aromatic amines is 1. The molecule has 1 aliphatic heterocycles. The topological polar surface area (TPSA) is 66.1 Å². The second-order valence-corrected chi connectivity index (χ2v) is 6.78. The third kappa shape index (κ3) is 3.45. The van der Waals surface area contributed by atoms with Gasteiger partial charge in [-0.05, 0) is 44.4 Å². The molecule has 3 heterocycles. The maximum Gasteiger partial charge on any atom is 0.229 e. The SMILES string of the molecule is CCCOc1cccc(Nc2nc(N3CCCC3)nc3[nH]c(C)cc23)c1. The van der Waals surface area contributed by atoms with E-state index in [-0.39, 0.29) is 0 Å². The fourth-order valence-electron chi connectivity index (χ4n) is 3.30. The maximum absolute atomic E-state index is 5.74. The molecule has 26 heavy (non-hydrogen) atoms. The molecule has 0 amide bonds. The molecule has 1 aliphatic rings. The first-order chi connectivity index (χ1) is 12.7. The van der Waals surface area contributed by atoms with Crippen molar-refractivity contribution in [3.05, 3.63) is 36.0 Å². The quantitative estimate of drug-likeness (QED) is 0.689. The van der Waals surface area contributed by atoms with Gasteiger partial charge in [-0.2, -0.15) is 9.97 Å². The molecule has 1 aromatic carbocycles. The Labute approximate surface area is 153 Å². The van der Waals surface area contributed by atoms with Crippen LogP contribution < -0.4 is 15.0 Å². The average Bonchev–Trinajstić information content (AvgIpc) is 3.29. The molecular formula is C20H25N5O. The normalized spacial score (nSPS) is 14.2. The summed E-state index contributed by atoms with van der Waals surface area (Å²) in [6, 6.07) is 10.1. The van der Waals surface area contributed by atoms with Crippen LogP contribution in [0.1, 0.15) is 31.9 Å². The average molecular weight is 351 g/mol. The molecule has 4 rings (SSSR count). The summed E-state index contributed by atoms with van der Waals surface area (Å²) in [5.74, 6) is 2.48. The number of nitrogens with zero attached hydrogens (tertiary/aromatic N) is 3. The molecule has 1 fully saturated rings. The van der Waals surface area contributed by atoms with Gasteiger partial charge in [-0.3, -0.25) is 0 Å². The Kier molecular flexibility index (Phi) is 4.65. The van der Waals surface area contributed by atoms with Crippen LogP contribution in [0.3, 0.4) is 0 Å². The lowest BCUT2D eigenvalue weighted by molar-refractivity contribution is 0.317. The van der Waals surface area contributed by atoms with E-state index in [1.54, 1.807) is 0 Å². The number of aryl methyl sites for hydroxylation is 1. The fourth-order valence-corrected chi connectivity index (χ4v) is 3.30. The molecule has 0 atom stereocenters. The van der Waals surface area contributed by atoms with E-state index in [0.717, 1.165) is 66.0 Å². The molecule has 6 heteroatoms. The summed E-state index contributed by atoms with van der Waals surface area (Å²) >= 11 is 0. The van der Waals surface area contributed by atoms with Crippen molar-refractivity contribution >= 4 is 28.5 Å². The van der Waals surface area contributed by atoms with E-state index in [9.17, 15) is 0 Å². The summed E-state index contributed by atoms with van der Waals surface area (Å²) in [6.45, 7) is 6.90. The van der Waals surface area contributed by atoms with Crippen LogP contribution in [0.15, 0.2) is 30.3 Å². The summed E-state index contributed by atoms with van der Waals surface area (Å²) < 4.78 is 5.74. The van der Waals surface area contributed by atoms with Crippen LogP contribution in [0, 0.1) is 6.92 Å². The van der Waals surface area contributed by atoms with Crippen LogP contribution in [0.25, 0.3) is 11.0 Å². The van der Waals surface area contributed by atoms with E-state index in [2.05, 4.69) is 28.2 Å². The smallest absolute Gasteiger partial charge is 0.229 e. The van der Waals surface area contributed by atoms with Crippen LogP contribution in [-0.2, 0) is 0 Å². The highest BCUT2D eigenvalue weighted by atomic mass is 16.5. The molecule has 0 bridgehead atoms. The molecule has 6 nitrogen and oxygen atoms in total. The van der Waals surface area contributed by atoms with E-state index in [1.165, 1.54) is 12.8 Å². The third-order valence-corrected chi connectivity index (χ3v) is 4.57. The van der Waals surface area contributed by atoms with Crippen molar-refractivity contribution < 1.29 is 4.74 Å². The van der Waals surface area contributed by atoms with Gasteiger partial charge in [0.1, 0.15) is 17.2 Å². The van der Waals surface area contributed by atoms with Crippen molar-refractivity contribution in [1.82, 2.24) is 15.0 Å². The van der Waals surface area contributed by atoms with Gasteiger partial charge in [0.15, 0.2) is 0 Å². The van der Waals surface area contributed by atoms with E-state index in [4.69, 9.17) is 14.7 Å². The zero-order valence-corrected chi connectivity index (χ0v) is 15.4. The van der Waals surface area contributed by atoms with Crippen LogP contribution in [-0.4, -0.2) is 34.6 Å². The van der Waals surface area contributed by atoms with Gasteiger partial charge < -0.3 is 19.9 Å². The number of fused-ring (bicyclic) bond motifs is 1. The molecule has 0 spiro atoms. The van der Waals surface area contributed by atoms with Gasteiger partial charge >= 0.3 is 0 Å². The van der Waals surface area contributed by atoms with Crippen LogP contribution in [0.2, 0.25) is 0 Å². The van der Waals surface area contributed by atoms with Crippen molar-refractivity contribution in [2.75, 3.05) is 29.9 Å². The zero-order valence-electron chi connectivity index (χ0n) is 15.4. The zero-order chi connectivity index (χ0) is 17.9. The van der Waals surface area contributed by atoms with Gasteiger partial charge in [-0.15, -0.1) is 0 Å². The van der Waals surface area contributed by atoms with Crippen molar-refractivity contribution in [2.45, 2.75) is 33.1 Å². The maximum atomic E-state index is 5.74. The van der Waals surface area contributed by atoms with Gasteiger partial charge in [0, 0.05) is 30.5 Å². The Morgan fingerprint density at radius 1 is 1.19 bits per heavy atom. The predicted octanol–water partition coefficient (Wildman–Crippen LogP) is 4.40. The van der Waals surface area contributed by atoms with Gasteiger partial charge in [0.25, 0.3) is 0 Å². The highest BCUT2D eigenvalue weighted by molar-refractivity contribution is 5.90. The first-order valence-corrected chi connectivity index (χ1v) is 9.35. The minimum absolute atomic E-state index is 0.720. The lowest BCUT2D eigenvalue weighted by Gasteiger charge is -2.17. The molecule has 136 valence electrons. The number of nitrogens with one attached hydrogen (secondary N) is 2. The molecule has 0 radical (unpaired) electrons. The fraction of sp³-hybridized carbons (Fsp3) is 0.400. The Balaban J connectivity index is 1.68. The number of rotatable bonds is 6. The van der Waals surface area contributed by atoms with Gasteiger partial charge in [-0.25, -0.2) is 0 Å². The summed E-state index contributed by atoms with van der Waals surface area (Å²) in [6.07, 6.45) is 3.39. The first kappa shape index (κ1) is 16.7. The monoisotopic (exact) mass is 351 g/mol. The molecule has 3 aromatic rings. The Bertz CT molecular complexity index is 898. The van der Waals surface area contributed by atoms with Crippen molar-refractivity contribution in [3.63, 3.8) is 0 Å². The van der Waals surface area contributed by atoms with Crippen molar-refractivity contribution in [3.8, 4) is 5.75 Å². The summed E-state index contributed by atoms with van der Waals surface area (Å²) in [4.78, 5) is 15.2. The molecule has 0 aliphatic carbocycles. The standard InChI is InChI=1S/C20H25N5O/c1-3-11-26-16-8-6-7-15(13-16)22-19-17-12-14(2)21-18(17)23-20(24-19)25-9-4-5-10-25/h6-8,12-13H,3-5,9-11H2,1-2H3,(H2,21,22,23,24). The second-order valence-electron chi connectivity index (χ2n) is 6.78. The Morgan fingerprint density at radius 3 is 2.85 bits per heavy atom. The number of anilines is 3. The third-order valence-electron chi connectivity index (χ3n) is 4.57. The van der Waals surface area contributed by atoms with Crippen LogP contribution >= 0.6 is 0 Å². The summed E-state index contributed by atoms with van der Waals surface area (Å²) in [5, 5.41) is 4.47. The van der Waals surface area contributed by atoms with Crippen molar-refractivity contribution in [2.24, 2.45) is 0 Å². The summed E-state index contributed by atoms with van der Waals surface area (Å²) in [5.41, 5.74) is 2.92. The molecule has 0 unspecified atom stereocenters. The molecular weight excluding hydrogens is 326 g/mol. The van der Waals surface area contributed by atoms with Gasteiger partial charge in [0.05, 0.1) is 12.0 Å². The number of aromatic nitrogens is 3. The van der Waals surface area contributed by atoms with Crippen LogP contribution in [0.4, 0.5) is 17.5 Å². The number of benzene rings is 1. The predicted molar refractivity (Wildman–Crippen MR) is 106 cm³/mol. The highest BCUT2D eigenvalue weighted by Gasteiger charge is 2.18. The summed E-state index contributed by atoms with van der Waals surface area (Å²) in [7, 11) is 0. The largest absolute Gasteiger partial charge is 0.494 e. The molecule has 1 saturated heterocycles. The molecule has 2 N–H and O–H groups in total. The Hall–Kier alpha value is -2.76. The number of hydrogen-bond acceptors (Lipinski definition) is 5. The van der Waals surface area contributed by atoms with E-state index >= 15 is 0 Å². The van der Waals surface area contributed by atoms with E-state index in [0.29, 0.717) is 0 Å². The number of H-pyrrole nitrogens is 1. The minimum atomic E-state index is 0.720. The number of hydrogen-bond donors (Lipinski definition) is 2. The van der Waals surface area contributed by atoms with E-state index < -0.39 is 0 Å². The van der Waals surface area contributed by atoms with Crippen molar-refractivity contribution in [1.29, 1.82) is 0 Å².